The highest BCUT2D eigenvalue weighted by Crippen LogP contribution is 2.31. The molecule has 0 spiro atoms. The van der Waals surface area contributed by atoms with Crippen molar-refractivity contribution in [3.63, 3.8) is 0 Å². The number of rotatable bonds is 4. The van der Waals surface area contributed by atoms with Gasteiger partial charge in [-0.05, 0) is 43.8 Å². The van der Waals surface area contributed by atoms with E-state index in [1.807, 2.05) is 19.1 Å². The molecular weight excluding hydrogens is 368 g/mol. The molecule has 0 atom stereocenters. The molecule has 1 fully saturated rings. The summed E-state index contributed by atoms with van der Waals surface area (Å²) in [5.41, 5.74) is 2.14. The lowest BCUT2D eigenvalue weighted by Crippen LogP contribution is -2.44. The zero-order valence-electron chi connectivity index (χ0n) is 16.7. The summed E-state index contributed by atoms with van der Waals surface area (Å²) in [5, 5.41) is 0.855. The van der Waals surface area contributed by atoms with Gasteiger partial charge in [0.05, 0.1) is 11.1 Å². The molecule has 1 saturated heterocycles. The van der Waals surface area contributed by atoms with Crippen molar-refractivity contribution in [2.24, 2.45) is 0 Å². The summed E-state index contributed by atoms with van der Waals surface area (Å²) in [6.07, 6.45) is 0. The third-order valence-corrected chi connectivity index (χ3v) is 5.37. The molecule has 1 aromatic heterocycles. The summed E-state index contributed by atoms with van der Waals surface area (Å²) < 4.78 is 11.3. The molecule has 0 unspecified atom stereocenters. The first-order valence-corrected chi connectivity index (χ1v) is 9.76. The monoisotopic (exact) mass is 392 g/mol. The van der Waals surface area contributed by atoms with Gasteiger partial charge in [-0.15, -0.1) is 0 Å². The Morgan fingerprint density at radius 2 is 1.79 bits per heavy atom. The lowest BCUT2D eigenvalue weighted by atomic mass is 10.1. The summed E-state index contributed by atoms with van der Waals surface area (Å²) in [6.45, 7) is 6.16. The van der Waals surface area contributed by atoms with E-state index in [1.54, 1.807) is 30.3 Å². The Morgan fingerprint density at radius 3 is 2.52 bits per heavy atom. The van der Waals surface area contributed by atoms with Crippen molar-refractivity contribution in [1.82, 2.24) is 9.80 Å². The molecule has 0 saturated carbocycles. The number of carbonyl (C=O) groups excluding carboxylic acids is 1. The molecule has 2 aromatic carbocycles. The van der Waals surface area contributed by atoms with Gasteiger partial charge in [0.1, 0.15) is 11.3 Å². The van der Waals surface area contributed by atoms with Crippen LogP contribution in [-0.4, -0.2) is 49.0 Å². The summed E-state index contributed by atoms with van der Waals surface area (Å²) in [6, 6.07) is 14.0. The SMILES string of the molecule is Cc1cc(=O)oc2c(CN3CCN(C)CC3)c(OC(=O)c3ccccc3)ccc12. The van der Waals surface area contributed by atoms with Crippen LogP contribution in [0.1, 0.15) is 21.5 Å². The highest BCUT2D eigenvalue weighted by atomic mass is 16.5. The second kappa shape index (κ2) is 8.19. The fraction of sp³-hybridized carbons (Fsp3) is 0.304. The van der Waals surface area contributed by atoms with Crippen LogP contribution in [0.15, 0.2) is 57.7 Å². The molecule has 150 valence electrons. The molecule has 6 nitrogen and oxygen atoms in total. The molecule has 0 radical (unpaired) electrons. The number of ether oxygens (including phenoxy) is 1. The lowest BCUT2D eigenvalue weighted by molar-refractivity contribution is 0.0730. The summed E-state index contributed by atoms with van der Waals surface area (Å²) >= 11 is 0. The minimum atomic E-state index is -0.431. The van der Waals surface area contributed by atoms with Gasteiger partial charge < -0.3 is 14.1 Å². The molecule has 0 amide bonds. The Balaban J connectivity index is 1.74. The summed E-state index contributed by atoms with van der Waals surface area (Å²) in [4.78, 5) is 29.3. The van der Waals surface area contributed by atoms with Gasteiger partial charge >= 0.3 is 11.6 Å². The molecule has 1 aliphatic heterocycles. The summed E-state index contributed by atoms with van der Waals surface area (Å²) in [5.74, 6) is -0.00129. The molecule has 3 aromatic rings. The van der Waals surface area contributed by atoms with Gasteiger partial charge in [0, 0.05) is 44.2 Å². The maximum absolute atomic E-state index is 12.6. The molecule has 29 heavy (non-hydrogen) atoms. The van der Waals surface area contributed by atoms with E-state index in [0.717, 1.165) is 42.7 Å². The van der Waals surface area contributed by atoms with Crippen LogP contribution in [-0.2, 0) is 6.54 Å². The Kier molecular flexibility index (Phi) is 5.47. The summed E-state index contributed by atoms with van der Waals surface area (Å²) in [7, 11) is 2.10. The molecule has 2 heterocycles. The van der Waals surface area contributed by atoms with Crippen LogP contribution in [0.25, 0.3) is 11.0 Å². The number of benzene rings is 2. The van der Waals surface area contributed by atoms with Crippen LogP contribution in [0.2, 0.25) is 0 Å². The van der Waals surface area contributed by atoms with Gasteiger partial charge in [-0.25, -0.2) is 9.59 Å². The van der Waals surface area contributed by atoms with Gasteiger partial charge in [-0.2, -0.15) is 0 Å². The number of hydrogen-bond acceptors (Lipinski definition) is 6. The smallest absolute Gasteiger partial charge is 0.343 e. The molecule has 0 bridgehead atoms. The highest BCUT2D eigenvalue weighted by Gasteiger charge is 2.21. The fourth-order valence-corrected chi connectivity index (χ4v) is 3.63. The van der Waals surface area contributed by atoms with Crippen molar-refractivity contribution in [3.05, 3.63) is 75.6 Å². The van der Waals surface area contributed by atoms with Gasteiger partial charge in [0.25, 0.3) is 0 Å². The van der Waals surface area contributed by atoms with E-state index in [-0.39, 0.29) is 0 Å². The molecule has 6 heteroatoms. The van der Waals surface area contributed by atoms with E-state index >= 15 is 0 Å². The second-order valence-electron chi connectivity index (χ2n) is 7.50. The van der Waals surface area contributed by atoms with Gasteiger partial charge in [0.2, 0.25) is 0 Å². The Bertz CT molecular complexity index is 1080. The standard InChI is InChI=1S/C23H24N2O4/c1-16-14-21(26)29-22-18(16)8-9-20(28-23(27)17-6-4-3-5-7-17)19(22)15-25-12-10-24(2)11-13-25/h3-9,14H,10-13,15H2,1-2H3. The van der Waals surface area contributed by atoms with Crippen molar-refractivity contribution in [3.8, 4) is 5.75 Å². The molecule has 0 aliphatic carbocycles. The third kappa shape index (κ3) is 4.23. The molecule has 0 N–H and O–H groups in total. The number of piperazine rings is 1. The van der Waals surface area contributed by atoms with E-state index in [0.29, 0.717) is 23.4 Å². The first-order valence-electron chi connectivity index (χ1n) is 9.76. The third-order valence-electron chi connectivity index (χ3n) is 5.37. The van der Waals surface area contributed by atoms with Crippen LogP contribution in [0.3, 0.4) is 0 Å². The van der Waals surface area contributed by atoms with Crippen molar-refractivity contribution in [1.29, 1.82) is 0 Å². The van der Waals surface area contributed by atoms with E-state index in [2.05, 4.69) is 16.8 Å². The van der Waals surface area contributed by atoms with Crippen LogP contribution >= 0.6 is 0 Å². The predicted molar refractivity (Wildman–Crippen MR) is 111 cm³/mol. The predicted octanol–water partition coefficient (Wildman–Crippen LogP) is 3.07. The minimum absolute atomic E-state index is 0.402. The number of likely N-dealkylation sites (N-methyl/N-ethyl adjacent to an activating group) is 1. The zero-order valence-corrected chi connectivity index (χ0v) is 16.7. The quantitative estimate of drug-likeness (QED) is 0.386. The van der Waals surface area contributed by atoms with Crippen molar-refractivity contribution in [2.75, 3.05) is 33.2 Å². The minimum Gasteiger partial charge on any atom is -0.422 e. The van der Waals surface area contributed by atoms with Crippen LogP contribution in [0.5, 0.6) is 5.75 Å². The van der Waals surface area contributed by atoms with Crippen LogP contribution in [0.4, 0.5) is 0 Å². The van der Waals surface area contributed by atoms with Gasteiger partial charge in [0.15, 0.2) is 0 Å². The fourth-order valence-electron chi connectivity index (χ4n) is 3.63. The number of carbonyl (C=O) groups is 1. The van der Waals surface area contributed by atoms with Crippen molar-refractivity contribution in [2.45, 2.75) is 13.5 Å². The topological polar surface area (TPSA) is 63.0 Å². The maximum atomic E-state index is 12.6. The Morgan fingerprint density at radius 1 is 1.07 bits per heavy atom. The molecule has 1 aliphatic rings. The first-order chi connectivity index (χ1) is 14.0. The van der Waals surface area contributed by atoms with E-state index in [1.165, 1.54) is 6.07 Å². The maximum Gasteiger partial charge on any atom is 0.343 e. The van der Waals surface area contributed by atoms with Crippen molar-refractivity contribution >= 4 is 16.9 Å². The van der Waals surface area contributed by atoms with E-state index in [9.17, 15) is 9.59 Å². The largest absolute Gasteiger partial charge is 0.422 e. The first kappa shape index (κ1) is 19.4. The highest BCUT2D eigenvalue weighted by molar-refractivity contribution is 5.92. The normalized spacial score (nSPS) is 15.5. The van der Waals surface area contributed by atoms with Crippen LogP contribution in [0, 0.1) is 6.92 Å². The number of hydrogen-bond donors (Lipinski definition) is 0. The van der Waals surface area contributed by atoms with E-state index in [4.69, 9.17) is 9.15 Å². The number of fused-ring (bicyclic) bond motifs is 1. The average Bonchev–Trinajstić information content (AvgIpc) is 2.72. The van der Waals surface area contributed by atoms with Crippen LogP contribution < -0.4 is 10.4 Å². The van der Waals surface area contributed by atoms with Crippen molar-refractivity contribution < 1.29 is 13.9 Å². The van der Waals surface area contributed by atoms with Gasteiger partial charge in [-0.3, -0.25) is 4.90 Å². The number of nitrogens with zero attached hydrogens (tertiary/aromatic N) is 2. The van der Waals surface area contributed by atoms with Gasteiger partial charge in [-0.1, -0.05) is 18.2 Å². The molecular formula is C23H24N2O4. The lowest BCUT2D eigenvalue weighted by Gasteiger charge is -2.32. The average molecular weight is 392 g/mol. The number of esters is 1. The number of aryl methyl sites for hydroxylation is 1. The zero-order chi connectivity index (χ0) is 20.4. The Labute approximate surface area is 169 Å². The molecule has 4 rings (SSSR count). The second-order valence-corrected chi connectivity index (χ2v) is 7.50. The van der Waals surface area contributed by atoms with E-state index < -0.39 is 11.6 Å². The Hall–Kier alpha value is -2.96.